The number of benzene rings is 1. The quantitative estimate of drug-likeness (QED) is 0.788. The Bertz CT molecular complexity index is 457. The topological polar surface area (TPSA) is 67.4 Å². The summed E-state index contributed by atoms with van der Waals surface area (Å²) >= 11 is 0. The Labute approximate surface area is 109 Å². The molecule has 0 aliphatic rings. The van der Waals surface area contributed by atoms with Gasteiger partial charge in [0.2, 0.25) is 10.0 Å². The van der Waals surface area contributed by atoms with Crippen molar-refractivity contribution < 1.29 is 13.2 Å². The summed E-state index contributed by atoms with van der Waals surface area (Å²) < 4.78 is 31.7. The summed E-state index contributed by atoms with van der Waals surface area (Å²) in [5.74, 6) is 0.726. The summed E-state index contributed by atoms with van der Waals surface area (Å²) in [6.07, 6.45) is 0. The van der Waals surface area contributed by atoms with Crippen molar-refractivity contribution in [3.8, 4) is 5.75 Å². The van der Waals surface area contributed by atoms with E-state index in [4.69, 9.17) is 4.74 Å². The molecule has 0 bridgehead atoms. The van der Waals surface area contributed by atoms with Crippen LogP contribution in [-0.2, 0) is 10.0 Å². The number of anilines is 1. The molecule has 1 rings (SSSR count). The number of hydrogen-bond donors (Lipinski definition) is 2. The highest BCUT2D eigenvalue weighted by atomic mass is 32.2. The number of sulfonamides is 1. The van der Waals surface area contributed by atoms with Crippen LogP contribution in [0, 0.1) is 0 Å². The van der Waals surface area contributed by atoms with Crippen molar-refractivity contribution in [3.05, 3.63) is 24.3 Å². The van der Waals surface area contributed by atoms with Crippen molar-refractivity contribution in [1.82, 2.24) is 5.32 Å². The third-order valence-corrected chi connectivity index (χ3v) is 4.19. The zero-order chi connectivity index (χ0) is 13.6. The van der Waals surface area contributed by atoms with Gasteiger partial charge in [0.25, 0.3) is 0 Å². The van der Waals surface area contributed by atoms with Crippen LogP contribution in [0.2, 0.25) is 0 Å². The molecule has 0 saturated heterocycles. The Morgan fingerprint density at radius 3 is 2.39 bits per heavy atom. The molecule has 0 amide bonds. The second kappa shape index (κ2) is 6.61. The van der Waals surface area contributed by atoms with Gasteiger partial charge in [-0.05, 0) is 45.2 Å². The number of rotatable bonds is 7. The van der Waals surface area contributed by atoms with Gasteiger partial charge in [-0.2, -0.15) is 0 Å². The number of hydrogen-bond acceptors (Lipinski definition) is 4. The summed E-state index contributed by atoms with van der Waals surface area (Å²) in [5, 5.41) is 2.35. The van der Waals surface area contributed by atoms with Gasteiger partial charge in [-0.3, -0.25) is 4.72 Å². The lowest BCUT2D eigenvalue weighted by molar-refractivity contribution is 0.340. The molecule has 0 radical (unpaired) electrons. The summed E-state index contributed by atoms with van der Waals surface area (Å²) in [5.41, 5.74) is 0.543. The fourth-order valence-corrected chi connectivity index (χ4v) is 2.50. The van der Waals surface area contributed by atoms with Gasteiger partial charge in [-0.15, -0.1) is 0 Å². The van der Waals surface area contributed by atoms with E-state index in [2.05, 4.69) is 10.0 Å². The largest absolute Gasteiger partial charge is 0.494 e. The molecule has 1 atom stereocenters. The minimum Gasteiger partial charge on any atom is -0.494 e. The van der Waals surface area contributed by atoms with Crippen LogP contribution in [0.5, 0.6) is 5.75 Å². The number of nitrogens with one attached hydrogen (secondary N) is 2. The molecule has 0 aliphatic heterocycles. The van der Waals surface area contributed by atoms with Crippen molar-refractivity contribution in [3.63, 3.8) is 0 Å². The molecule has 0 saturated carbocycles. The maximum Gasteiger partial charge on any atom is 0.236 e. The van der Waals surface area contributed by atoms with Crippen LogP contribution in [0.3, 0.4) is 0 Å². The molecular weight excluding hydrogens is 252 g/mol. The van der Waals surface area contributed by atoms with E-state index in [1.54, 1.807) is 38.2 Å². The predicted octanol–water partition coefficient (Wildman–Crippen LogP) is 1.43. The fraction of sp³-hybridized carbons (Fsp3) is 0.500. The highest BCUT2D eigenvalue weighted by molar-refractivity contribution is 7.93. The number of ether oxygens (including phenoxy) is 1. The Morgan fingerprint density at radius 1 is 1.28 bits per heavy atom. The molecule has 1 aromatic rings. The highest BCUT2D eigenvalue weighted by Crippen LogP contribution is 2.17. The molecule has 6 heteroatoms. The zero-order valence-electron chi connectivity index (χ0n) is 10.9. The Balaban J connectivity index is 2.72. The van der Waals surface area contributed by atoms with Gasteiger partial charge >= 0.3 is 0 Å². The first-order chi connectivity index (χ1) is 8.49. The lowest BCUT2D eigenvalue weighted by atomic mass is 10.3. The molecule has 1 unspecified atom stereocenters. The van der Waals surface area contributed by atoms with Crippen molar-refractivity contribution >= 4 is 15.7 Å². The van der Waals surface area contributed by atoms with Crippen LogP contribution in [0.25, 0.3) is 0 Å². The third kappa shape index (κ3) is 4.19. The van der Waals surface area contributed by atoms with Gasteiger partial charge in [0.15, 0.2) is 0 Å². The van der Waals surface area contributed by atoms with Crippen LogP contribution < -0.4 is 14.8 Å². The van der Waals surface area contributed by atoms with Crippen LogP contribution in [0.1, 0.15) is 13.8 Å². The van der Waals surface area contributed by atoms with Gasteiger partial charge in [-0.25, -0.2) is 8.42 Å². The summed E-state index contributed by atoms with van der Waals surface area (Å²) in [7, 11) is -1.63. The van der Waals surface area contributed by atoms with Gasteiger partial charge < -0.3 is 10.1 Å². The molecule has 102 valence electrons. The Kier molecular flexibility index (Phi) is 5.43. The monoisotopic (exact) mass is 272 g/mol. The van der Waals surface area contributed by atoms with Crippen LogP contribution in [0.4, 0.5) is 5.69 Å². The van der Waals surface area contributed by atoms with E-state index in [0.29, 0.717) is 18.8 Å². The smallest absolute Gasteiger partial charge is 0.236 e. The average Bonchev–Trinajstić information content (AvgIpc) is 2.32. The Hall–Kier alpha value is -1.27. The minimum absolute atomic E-state index is 0.409. The van der Waals surface area contributed by atoms with Crippen LogP contribution in [-0.4, -0.2) is 33.9 Å². The first-order valence-electron chi connectivity index (χ1n) is 5.88. The first kappa shape index (κ1) is 14.8. The van der Waals surface area contributed by atoms with Crippen molar-refractivity contribution in [2.75, 3.05) is 24.9 Å². The van der Waals surface area contributed by atoms with E-state index < -0.39 is 15.3 Å². The van der Waals surface area contributed by atoms with Gasteiger partial charge in [0.05, 0.1) is 11.9 Å². The summed E-state index contributed by atoms with van der Waals surface area (Å²) in [4.78, 5) is 0. The van der Waals surface area contributed by atoms with Crippen LogP contribution in [0.15, 0.2) is 24.3 Å². The molecule has 0 fully saturated rings. The van der Waals surface area contributed by atoms with Crippen molar-refractivity contribution in [1.29, 1.82) is 0 Å². The Morgan fingerprint density at radius 2 is 1.89 bits per heavy atom. The summed E-state index contributed by atoms with van der Waals surface area (Å²) in [6, 6.07) is 6.86. The van der Waals surface area contributed by atoms with Gasteiger partial charge in [-0.1, -0.05) is 0 Å². The molecular formula is C12H20N2O3S. The predicted molar refractivity (Wildman–Crippen MR) is 73.5 cm³/mol. The second-order valence-corrected chi connectivity index (χ2v) is 6.07. The molecule has 0 aromatic heterocycles. The average molecular weight is 272 g/mol. The van der Waals surface area contributed by atoms with Crippen molar-refractivity contribution in [2.24, 2.45) is 0 Å². The van der Waals surface area contributed by atoms with E-state index in [9.17, 15) is 8.42 Å². The molecule has 18 heavy (non-hydrogen) atoms. The lowest BCUT2D eigenvalue weighted by Crippen LogP contribution is -2.33. The van der Waals surface area contributed by atoms with Gasteiger partial charge in [0.1, 0.15) is 5.75 Å². The minimum atomic E-state index is -3.35. The SMILES string of the molecule is CCOc1ccc(NS(=O)(=O)C(C)CNC)cc1. The van der Waals surface area contributed by atoms with E-state index in [1.807, 2.05) is 6.92 Å². The van der Waals surface area contributed by atoms with Gasteiger partial charge in [0, 0.05) is 12.2 Å². The van der Waals surface area contributed by atoms with E-state index in [0.717, 1.165) is 5.75 Å². The van der Waals surface area contributed by atoms with Crippen molar-refractivity contribution in [2.45, 2.75) is 19.1 Å². The standard InChI is InChI=1S/C12H20N2O3S/c1-4-17-12-7-5-11(6-8-12)14-18(15,16)10(2)9-13-3/h5-8,10,13-14H,4,9H2,1-3H3. The zero-order valence-corrected chi connectivity index (χ0v) is 11.8. The normalized spacial score (nSPS) is 13.1. The maximum absolute atomic E-state index is 11.9. The third-order valence-electron chi connectivity index (χ3n) is 2.45. The molecule has 0 spiro atoms. The highest BCUT2D eigenvalue weighted by Gasteiger charge is 2.19. The van der Waals surface area contributed by atoms with E-state index in [-0.39, 0.29) is 0 Å². The maximum atomic E-state index is 11.9. The molecule has 0 heterocycles. The molecule has 2 N–H and O–H groups in total. The fourth-order valence-electron chi connectivity index (χ4n) is 1.45. The molecule has 5 nitrogen and oxygen atoms in total. The lowest BCUT2D eigenvalue weighted by Gasteiger charge is -2.14. The van der Waals surface area contributed by atoms with E-state index >= 15 is 0 Å². The van der Waals surface area contributed by atoms with E-state index in [1.165, 1.54) is 0 Å². The molecule has 0 aliphatic carbocycles. The summed E-state index contributed by atoms with van der Waals surface area (Å²) in [6.45, 7) is 4.56. The molecule has 1 aromatic carbocycles. The second-order valence-electron chi connectivity index (χ2n) is 3.97. The van der Waals surface area contributed by atoms with Crippen LogP contribution >= 0.6 is 0 Å². The first-order valence-corrected chi connectivity index (χ1v) is 7.43.